The van der Waals surface area contributed by atoms with Crippen LogP contribution in [0.25, 0.3) is 21.2 Å². The van der Waals surface area contributed by atoms with Crippen molar-refractivity contribution in [3.05, 3.63) is 32.9 Å². The van der Waals surface area contributed by atoms with Crippen LogP contribution in [0.5, 0.6) is 0 Å². The van der Waals surface area contributed by atoms with Crippen molar-refractivity contribution in [3.63, 3.8) is 0 Å². The number of nitrogens with two attached hydrogens (primary N) is 1. The minimum Gasteiger partial charge on any atom is -0.383 e. The van der Waals surface area contributed by atoms with E-state index in [-0.39, 0.29) is 0 Å². The van der Waals surface area contributed by atoms with E-state index in [0.29, 0.717) is 5.82 Å². The average molecular weight is 311 g/mol. The largest absolute Gasteiger partial charge is 0.383 e. The van der Waals surface area contributed by atoms with Crippen LogP contribution in [0, 0.1) is 0 Å². The molecule has 2 nitrogen and oxygen atoms in total. The number of thiophene rings is 2. The summed E-state index contributed by atoms with van der Waals surface area (Å²) in [5.41, 5.74) is 8.25. The van der Waals surface area contributed by atoms with Gasteiger partial charge in [0, 0.05) is 31.7 Å². The molecule has 0 radical (unpaired) electrons. The third kappa shape index (κ3) is 1.47. The Morgan fingerprint density at radius 2 is 2.19 bits per heavy atom. The smallest absolute Gasteiger partial charge is 0.133 e. The van der Waals surface area contributed by atoms with Crippen LogP contribution in [0.3, 0.4) is 0 Å². The molecule has 0 unspecified atom stereocenters. The molecular formula is C11H7BrN2S2. The number of anilines is 1. The summed E-state index contributed by atoms with van der Waals surface area (Å²) in [6.07, 6.45) is 1.85. The van der Waals surface area contributed by atoms with Crippen molar-refractivity contribution in [2.75, 3.05) is 5.73 Å². The van der Waals surface area contributed by atoms with E-state index in [9.17, 15) is 0 Å². The van der Waals surface area contributed by atoms with E-state index in [2.05, 4.69) is 43.1 Å². The van der Waals surface area contributed by atoms with E-state index < -0.39 is 0 Å². The number of nitrogens with zero attached hydrogens (tertiary/aromatic N) is 1. The topological polar surface area (TPSA) is 38.9 Å². The first-order valence-electron chi connectivity index (χ1n) is 4.61. The van der Waals surface area contributed by atoms with Gasteiger partial charge in [0.05, 0.1) is 0 Å². The average Bonchev–Trinajstić information content (AvgIpc) is 2.89. The molecule has 0 aromatic carbocycles. The number of halogens is 1. The summed E-state index contributed by atoms with van der Waals surface area (Å²) >= 11 is 6.89. The second-order valence-corrected chi connectivity index (χ2v) is 5.87. The van der Waals surface area contributed by atoms with E-state index in [4.69, 9.17) is 5.73 Å². The minimum absolute atomic E-state index is 0.585. The monoisotopic (exact) mass is 310 g/mol. The summed E-state index contributed by atoms with van der Waals surface area (Å²) in [6, 6.07) is 2.10. The lowest BCUT2D eigenvalue weighted by molar-refractivity contribution is 1.37. The first-order valence-corrected chi connectivity index (χ1v) is 7.22. The van der Waals surface area contributed by atoms with Crippen LogP contribution in [0.15, 0.2) is 32.9 Å². The third-order valence-electron chi connectivity index (χ3n) is 2.41. The second kappa shape index (κ2) is 3.84. The van der Waals surface area contributed by atoms with Gasteiger partial charge < -0.3 is 5.73 Å². The first-order chi connectivity index (χ1) is 7.77. The van der Waals surface area contributed by atoms with Crippen LogP contribution >= 0.6 is 38.6 Å². The molecule has 0 atom stereocenters. The molecule has 0 saturated carbocycles. The van der Waals surface area contributed by atoms with E-state index in [0.717, 1.165) is 15.4 Å². The number of pyridine rings is 1. The zero-order valence-electron chi connectivity index (χ0n) is 8.11. The van der Waals surface area contributed by atoms with Crippen LogP contribution in [0.4, 0.5) is 5.82 Å². The van der Waals surface area contributed by atoms with E-state index in [1.807, 2.05) is 6.20 Å². The molecule has 2 N–H and O–H groups in total. The van der Waals surface area contributed by atoms with Crippen molar-refractivity contribution in [1.82, 2.24) is 4.98 Å². The molecule has 0 aliphatic rings. The molecule has 3 aromatic heterocycles. The summed E-state index contributed by atoms with van der Waals surface area (Å²) in [5.74, 6) is 0.585. The molecule has 0 aliphatic carbocycles. The van der Waals surface area contributed by atoms with Gasteiger partial charge in [-0.1, -0.05) is 0 Å². The maximum absolute atomic E-state index is 5.89. The zero-order valence-corrected chi connectivity index (χ0v) is 11.3. The summed E-state index contributed by atoms with van der Waals surface area (Å²) in [5, 5.41) is 7.27. The number of fused-ring (bicyclic) bond motifs is 1. The van der Waals surface area contributed by atoms with E-state index in [1.165, 1.54) is 10.3 Å². The molecule has 0 saturated heterocycles. The Morgan fingerprint density at radius 3 is 2.94 bits per heavy atom. The molecule has 16 heavy (non-hydrogen) atoms. The molecular weight excluding hydrogens is 304 g/mol. The molecule has 3 aromatic rings. The summed E-state index contributed by atoms with van der Waals surface area (Å²) in [7, 11) is 0. The van der Waals surface area contributed by atoms with Gasteiger partial charge in [0.1, 0.15) is 5.82 Å². The van der Waals surface area contributed by atoms with Gasteiger partial charge in [-0.25, -0.2) is 4.98 Å². The molecule has 0 bridgehead atoms. The standard InChI is InChI=1S/C11H7BrN2S2/c12-8-5-16-10-7(6-1-2-15-4-6)3-14-11(13)9(8)10/h1-5H,(H2,13,14). The quantitative estimate of drug-likeness (QED) is 0.725. The minimum atomic E-state index is 0.585. The van der Waals surface area contributed by atoms with Crippen molar-refractivity contribution in [1.29, 1.82) is 0 Å². The lowest BCUT2D eigenvalue weighted by Gasteiger charge is -2.02. The van der Waals surface area contributed by atoms with Crippen LogP contribution in [-0.2, 0) is 0 Å². The van der Waals surface area contributed by atoms with Crippen molar-refractivity contribution >= 4 is 54.5 Å². The number of rotatable bonds is 1. The van der Waals surface area contributed by atoms with Gasteiger partial charge in [-0.2, -0.15) is 11.3 Å². The predicted molar refractivity (Wildman–Crippen MR) is 75.0 cm³/mol. The number of nitrogen functional groups attached to an aromatic ring is 1. The lowest BCUT2D eigenvalue weighted by atomic mass is 10.1. The molecule has 0 fully saturated rings. The summed E-state index contributed by atoms with van der Waals surface area (Å²) in [4.78, 5) is 4.26. The van der Waals surface area contributed by atoms with Gasteiger partial charge in [0.25, 0.3) is 0 Å². The molecule has 0 spiro atoms. The van der Waals surface area contributed by atoms with Crippen molar-refractivity contribution < 1.29 is 0 Å². The van der Waals surface area contributed by atoms with Gasteiger partial charge in [-0.15, -0.1) is 11.3 Å². The number of hydrogen-bond donors (Lipinski definition) is 1. The fraction of sp³-hybridized carbons (Fsp3) is 0. The fourth-order valence-electron chi connectivity index (χ4n) is 1.65. The molecule has 3 rings (SSSR count). The highest BCUT2D eigenvalue weighted by Gasteiger charge is 2.12. The number of hydrogen-bond acceptors (Lipinski definition) is 4. The molecule has 3 heterocycles. The van der Waals surface area contributed by atoms with E-state index in [1.54, 1.807) is 22.7 Å². The Hall–Kier alpha value is -0.910. The fourth-order valence-corrected chi connectivity index (χ4v) is 4.09. The lowest BCUT2D eigenvalue weighted by Crippen LogP contribution is -1.91. The molecule has 0 amide bonds. The Balaban J connectivity index is 2.39. The van der Waals surface area contributed by atoms with E-state index >= 15 is 0 Å². The Morgan fingerprint density at radius 1 is 1.31 bits per heavy atom. The maximum Gasteiger partial charge on any atom is 0.133 e. The van der Waals surface area contributed by atoms with Gasteiger partial charge >= 0.3 is 0 Å². The normalized spacial score (nSPS) is 11.1. The van der Waals surface area contributed by atoms with Crippen LogP contribution in [0.1, 0.15) is 0 Å². The summed E-state index contributed by atoms with van der Waals surface area (Å²) < 4.78 is 2.22. The number of aromatic nitrogens is 1. The summed E-state index contributed by atoms with van der Waals surface area (Å²) in [6.45, 7) is 0. The Labute approximate surface area is 109 Å². The van der Waals surface area contributed by atoms with Crippen LogP contribution in [0.2, 0.25) is 0 Å². The highest BCUT2D eigenvalue weighted by atomic mass is 79.9. The molecule has 0 aliphatic heterocycles. The van der Waals surface area contributed by atoms with Crippen molar-refractivity contribution in [2.45, 2.75) is 0 Å². The Kier molecular flexibility index (Phi) is 2.46. The Bertz CT molecular complexity index is 643. The molecule has 80 valence electrons. The van der Waals surface area contributed by atoms with Crippen LogP contribution < -0.4 is 5.73 Å². The predicted octanol–water partition coefficient (Wildman–Crippen LogP) is 4.37. The SMILES string of the molecule is Nc1ncc(-c2ccsc2)c2scc(Br)c12. The van der Waals surface area contributed by atoms with Crippen molar-refractivity contribution in [2.24, 2.45) is 0 Å². The highest BCUT2D eigenvalue weighted by molar-refractivity contribution is 9.10. The third-order valence-corrected chi connectivity index (χ3v) is 5.04. The highest BCUT2D eigenvalue weighted by Crippen LogP contribution is 2.39. The van der Waals surface area contributed by atoms with Crippen LogP contribution in [-0.4, -0.2) is 4.98 Å². The maximum atomic E-state index is 5.89. The zero-order chi connectivity index (χ0) is 11.1. The van der Waals surface area contributed by atoms with Gasteiger partial charge in [-0.3, -0.25) is 0 Å². The van der Waals surface area contributed by atoms with Gasteiger partial charge in [-0.05, 0) is 38.3 Å². The van der Waals surface area contributed by atoms with Crippen molar-refractivity contribution in [3.8, 4) is 11.1 Å². The van der Waals surface area contributed by atoms with Gasteiger partial charge in [0.2, 0.25) is 0 Å². The first kappa shape index (κ1) is 10.3. The van der Waals surface area contributed by atoms with Gasteiger partial charge in [0.15, 0.2) is 0 Å². The molecule has 5 heteroatoms. The second-order valence-electron chi connectivity index (χ2n) is 3.36.